The van der Waals surface area contributed by atoms with E-state index in [0.29, 0.717) is 18.4 Å². The Labute approximate surface area is 57.5 Å². The van der Waals surface area contributed by atoms with Gasteiger partial charge in [0, 0.05) is 6.54 Å². The molecule has 1 rings (SSSR count). The molecule has 1 fully saturated rings. The van der Waals surface area contributed by atoms with Crippen molar-refractivity contribution in [3.05, 3.63) is 11.9 Å². The van der Waals surface area contributed by atoms with Crippen molar-refractivity contribution in [2.24, 2.45) is 0 Å². The number of carboxylic acid groups (broad SMARTS) is 1. The number of halogens is 1. The Balaban J connectivity index is 2.51. The van der Waals surface area contributed by atoms with E-state index in [1.54, 1.807) is 0 Å². The molecule has 1 heterocycles. The van der Waals surface area contributed by atoms with Gasteiger partial charge in [-0.25, -0.2) is 4.39 Å². The van der Waals surface area contributed by atoms with Gasteiger partial charge in [-0.2, -0.15) is 0 Å². The maximum Gasteiger partial charge on any atom is 0.321 e. The summed E-state index contributed by atoms with van der Waals surface area (Å²) in [5, 5.41) is 11.1. The van der Waals surface area contributed by atoms with E-state index in [1.165, 1.54) is 0 Å². The summed E-state index contributed by atoms with van der Waals surface area (Å²) in [6.07, 6.45) is 0.752. The van der Waals surface area contributed by atoms with E-state index < -0.39 is 12.0 Å². The van der Waals surface area contributed by atoms with Gasteiger partial charge in [0.25, 0.3) is 0 Å². The van der Waals surface area contributed by atoms with Crippen molar-refractivity contribution in [3.63, 3.8) is 0 Å². The molecule has 1 aliphatic heterocycles. The maximum atomic E-state index is 11.7. The topological polar surface area (TPSA) is 49.3 Å². The highest BCUT2D eigenvalue weighted by Gasteiger charge is 2.24. The molecule has 4 heteroatoms. The average Bonchev–Trinajstić information content (AvgIpc) is 2.34. The SMILES string of the molecule is O=C(O)C1CC(=CF)CN1. The molecule has 3 nitrogen and oxygen atoms in total. The normalized spacial score (nSPS) is 29.3. The van der Waals surface area contributed by atoms with Crippen LogP contribution in [0.3, 0.4) is 0 Å². The summed E-state index contributed by atoms with van der Waals surface area (Å²) in [4.78, 5) is 10.3. The predicted molar refractivity (Wildman–Crippen MR) is 33.2 cm³/mol. The second kappa shape index (κ2) is 2.79. The molecule has 0 aliphatic carbocycles. The molecule has 0 radical (unpaired) electrons. The van der Waals surface area contributed by atoms with E-state index in [-0.39, 0.29) is 6.42 Å². The van der Waals surface area contributed by atoms with Crippen molar-refractivity contribution in [1.29, 1.82) is 0 Å². The average molecular weight is 145 g/mol. The lowest BCUT2D eigenvalue weighted by Gasteiger charge is -1.99. The second-order valence-electron chi connectivity index (χ2n) is 2.24. The Kier molecular flexibility index (Phi) is 2.01. The van der Waals surface area contributed by atoms with Gasteiger partial charge in [0.05, 0.1) is 6.33 Å². The number of carbonyl (C=O) groups is 1. The quantitative estimate of drug-likeness (QED) is 0.557. The first kappa shape index (κ1) is 7.21. The summed E-state index contributed by atoms with van der Waals surface area (Å²) in [5.74, 6) is -0.920. The van der Waals surface area contributed by atoms with Crippen molar-refractivity contribution < 1.29 is 14.3 Å². The minimum atomic E-state index is -0.920. The van der Waals surface area contributed by atoms with E-state index in [4.69, 9.17) is 5.11 Å². The Hall–Kier alpha value is -0.900. The van der Waals surface area contributed by atoms with Crippen LogP contribution >= 0.6 is 0 Å². The zero-order chi connectivity index (χ0) is 7.56. The number of nitrogens with one attached hydrogen (secondary N) is 1. The molecule has 0 aromatic rings. The Morgan fingerprint density at radius 1 is 1.90 bits per heavy atom. The molecule has 2 N–H and O–H groups in total. The fourth-order valence-corrected chi connectivity index (χ4v) is 0.919. The molecule has 56 valence electrons. The van der Waals surface area contributed by atoms with Crippen LogP contribution in [0, 0.1) is 0 Å². The van der Waals surface area contributed by atoms with Gasteiger partial charge in [-0.05, 0) is 12.0 Å². The van der Waals surface area contributed by atoms with Crippen molar-refractivity contribution >= 4 is 5.97 Å². The van der Waals surface area contributed by atoms with E-state index in [0.717, 1.165) is 0 Å². The number of hydrogen-bond acceptors (Lipinski definition) is 2. The number of rotatable bonds is 1. The van der Waals surface area contributed by atoms with E-state index >= 15 is 0 Å². The van der Waals surface area contributed by atoms with Gasteiger partial charge in [0.15, 0.2) is 0 Å². The lowest BCUT2D eigenvalue weighted by Crippen LogP contribution is -2.29. The Bertz CT molecular complexity index is 179. The van der Waals surface area contributed by atoms with Gasteiger partial charge in [-0.3, -0.25) is 4.79 Å². The molecule has 1 saturated heterocycles. The fraction of sp³-hybridized carbons (Fsp3) is 0.500. The highest BCUT2D eigenvalue weighted by Crippen LogP contribution is 2.12. The number of aliphatic carboxylic acids is 1. The molecule has 0 aromatic carbocycles. The molecular formula is C6H8FNO2. The van der Waals surface area contributed by atoms with Crippen LogP contribution in [0.1, 0.15) is 6.42 Å². The first-order chi connectivity index (χ1) is 4.74. The highest BCUT2D eigenvalue weighted by molar-refractivity contribution is 5.74. The van der Waals surface area contributed by atoms with Crippen LogP contribution in [-0.2, 0) is 4.79 Å². The van der Waals surface area contributed by atoms with Crippen molar-refractivity contribution in [3.8, 4) is 0 Å². The maximum absolute atomic E-state index is 11.7. The van der Waals surface area contributed by atoms with Crippen LogP contribution in [0.25, 0.3) is 0 Å². The summed E-state index contributed by atoms with van der Waals surface area (Å²) in [6.45, 7) is 0.355. The van der Waals surface area contributed by atoms with Crippen molar-refractivity contribution in [2.75, 3.05) is 6.54 Å². The zero-order valence-corrected chi connectivity index (χ0v) is 5.30. The lowest BCUT2D eigenvalue weighted by atomic mass is 10.2. The third-order valence-corrected chi connectivity index (χ3v) is 1.49. The molecule has 0 saturated carbocycles. The van der Waals surface area contributed by atoms with E-state index in [2.05, 4.69) is 5.32 Å². The van der Waals surface area contributed by atoms with Gasteiger partial charge in [-0.1, -0.05) is 0 Å². The number of carboxylic acids is 1. The standard InChI is InChI=1S/C6H8FNO2/c7-2-4-1-5(6(9)10)8-3-4/h2,5,8H,1,3H2,(H,9,10). The third kappa shape index (κ3) is 1.33. The molecule has 0 spiro atoms. The van der Waals surface area contributed by atoms with Gasteiger partial charge >= 0.3 is 5.97 Å². The van der Waals surface area contributed by atoms with Crippen molar-refractivity contribution in [2.45, 2.75) is 12.5 Å². The lowest BCUT2D eigenvalue weighted by molar-refractivity contribution is -0.138. The largest absolute Gasteiger partial charge is 0.480 e. The van der Waals surface area contributed by atoms with Crippen LogP contribution in [0.15, 0.2) is 11.9 Å². The van der Waals surface area contributed by atoms with Crippen LogP contribution in [0.5, 0.6) is 0 Å². The Morgan fingerprint density at radius 2 is 2.60 bits per heavy atom. The molecule has 10 heavy (non-hydrogen) atoms. The molecule has 1 unspecified atom stereocenters. The molecule has 0 aromatic heterocycles. The van der Waals surface area contributed by atoms with E-state index in [9.17, 15) is 9.18 Å². The molecular weight excluding hydrogens is 137 g/mol. The first-order valence-corrected chi connectivity index (χ1v) is 2.98. The van der Waals surface area contributed by atoms with Gasteiger partial charge < -0.3 is 10.4 Å². The van der Waals surface area contributed by atoms with Crippen LogP contribution < -0.4 is 5.32 Å². The summed E-state index contributed by atoms with van der Waals surface area (Å²) >= 11 is 0. The predicted octanol–water partition coefficient (Wildman–Crippen LogP) is 0.286. The minimum absolute atomic E-state index is 0.284. The summed E-state index contributed by atoms with van der Waals surface area (Å²) in [6, 6.07) is -0.595. The monoisotopic (exact) mass is 145 g/mol. The molecule has 1 atom stereocenters. The van der Waals surface area contributed by atoms with Crippen molar-refractivity contribution in [1.82, 2.24) is 5.32 Å². The number of hydrogen-bond donors (Lipinski definition) is 2. The molecule has 0 amide bonds. The third-order valence-electron chi connectivity index (χ3n) is 1.49. The van der Waals surface area contributed by atoms with E-state index in [1.807, 2.05) is 0 Å². The van der Waals surface area contributed by atoms with Gasteiger partial charge in [0.2, 0.25) is 0 Å². The molecule has 0 bridgehead atoms. The Morgan fingerprint density at radius 3 is 2.90 bits per heavy atom. The minimum Gasteiger partial charge on any atom is -0.480 e. The van der Waals surface area contributed by atoms with Gasteiger partial charge in [0.1, 0.15) is 6.04 Å². The summed E-state index contributed by atoms with van der Waals surface area (Å²) in [5.41, 5.74) is 0.521. The van der Waals surface area contributed by atoms with Crippen LogP contribution in [0.4, 0.5) is 4.39 Å². The summed E-state index contributed by atoms with van der Waals surface area (Å²) in [7, 11) is 0. The first-order valence-electron chi connectivity index (χ1n) is 2.98. The molecule has 1 aliphatic rings. The summed E-state index contributed by atoms with van der Waals surface area (Å²) < 4.78 is 11.7. The van der Waals surface area contributed by atoms with Gasteiger partial charge in [-0.15, -0.1) is 0 Å². The second-order valence-corrected chi connectivity index (χ2v) is 2.24. The van der Waals surface area contributed by atoms with Crippen LogP contribution in [-0.4, -0.2) is 23.7 Å². The smallest absolute Gasteiger partial charge is 0.321 e. The highest BCUT2D eigenvalue weighted by atomic mass is 19.1. The van der Waals surface area contributed by atoms with Crippen LogP contribution in [0.2, 0.25) is 0 Å². The zero-order valence-electron chi connectivity index (χ0n) is 5.30. The fourth-order valence-electron chi connectivity index (χ4n) is 0.919.